The summed E-state index contributed by atoms with van der Waals surface area (Å²) in [6.07, 6.45) is 3.64. The maximum Gasteiger partial charge on any atom is 0.321 e. The Kier molecular flexibility index (Phi) is 3.88. The van der Waals surface area contributed by atoms with Gasteiger partial charge in [-0.3, -0.25) is 9.59 Å². The minimum Gasteiger partial charge on any atom is -0.480 e. The van der Waals surface area contributed by atoms with Crippen molar-refractivity contribution in [2.24, 2.45) is 5.73 Å². The highest BCUT2D eigenvalue weighted by atomic mass is 16.5. The van der Waals surface area contributed by atoms with Crippen molar-refractivity contribution in [3.63, 3.8) is 0 Å². The number of esters is 1. The Bertz CT molecular complexity index is 223. The zero-order chi connectivity index (χ0) is 10.6. The molecular weight excluding hydrogens is 186 g/mol. The largest absolute Gasteiger partial charge is 0.480 e. The molecule has 0 aromatic rings. The van der Waals surface area contributed by atoms with Gasteiger partial charge in [-0.25, -0.2) is 0 Å². The van der Waals surface area contributed by atoms with Crippen molar-refractivity contribution in [2.75, 3.05) is 0 Å². The lowest BCUT2D eigenvalue weighted by molar-refractivity contribution is -0.152. The van der Waals surface area contributed by atoms with Crippen molar-refractivity contribution in [2.45, 2.75) is 44.2 Å². The van der Waals surface area contributed by atoms with Gasteiger partial charge in [0.1, 0.15) is 12.1 Å². The minimum absolute atomic E-state index is 0.0245. The van der Waals surface area contributed by atoms with Crippen molar-refractivity contribution >= 4 is 11.9 Å². The number of carbonyl (C=O) groups is 2. The fourth-order valence-electron chi connectivity index (χ4n) is 1.51. The van der Waals surface area contributed by atoms with Crippen LogP contribution >= 0.6 is 0 Å². The molecule has 0 amide bonds. The SMILES string of the molecule is N[C@@H](CC(=O)OC1CCCC1)C(=O)O. The van der Waals surface area contributed by atoms with E-state index in [2.05, 4.69) is 0 Å². The molecule has 1 saturated carbocycles. The van der Waals surface area contributed by atoms with Gasteiger partial charge in [-0.05, 0) is 25.7 Å². The van der Waals surface area contributed by atoms with E-state index in [0.717, 1.165) is 25.7 Å². The molecule has 0 saturated heterocycles. The van der Waals surface area contributed by atoms with Crippen LogP contribution in [0, 0.1) is 0 Å². The van der Waals surface area contributed by atoms with E-state index in [1.807, 2.05) is 0 Å². The molecule has 5 nitrogen and oxygen atoms in total. The number of aliphatic carboxylic acids is 1. The maximum atomic E-state index is 11.1. The van der Waals surface area contributed by atoms with Crippen LogP contribution in [0.3, 0.4) is 0 Å². The molecule has 1 fully saturated rings. The van der Waals surface area contributed by atoms with E-state index in [1.165, 1.54) is 0 Å². The number of hydrogen-bond donors (Lipinski definition) is 2. The molecule has 1 atom stereocenters. The number of ether oxygens (including phenoxy) is 1. The number of carboxylic acid groups (broad SMARTS) is 1. The lowest BCUT2D eigenvalue weighted by Gasteiger charge is -2.12. The van der Waals surface area contributed by atoms with Gasteiger partial charge >= 0.3 is 11.9 Å². The lowest BCUT2D eigenvalue weighted by atomic mass is 10.2. The van der Waals surface area contributed by atoms with Gasteiger partial charge in [0, 0.05) is 0 Å². The van der Waals surface area contributed by atoms with Crippen LogP contribution in [-0.4, -0.2) is 29.2 Å². The monoisotopic (exact) mass is 201 g/mol. The highest BCUT2D eigenvalue weighted by molar-refractivity contribution is 5.81. The molecule has 0 aromatic carbocycles. The van der Waals surface area contributed by atoms with Crippen LogP contribution in [0.25, 0.3) is 0 Å². The van der Waals surface area contributed by atoms with Crippen molar-refractivity contribution < 1.29 is 19.4 Å². The molecule has 0 unspecified atom stereocenters. The number of hydrogen-bond acceptors (Lipinski definition) is 4. The Labute approximate surface area is 82.2 Å². The summed E-state index contributed by atoms with van der Waals surface area (Å²) < 4.78 is 5.05. The molecule has 3 N–H and O–H groups in total. The third kappa shape index (κ3) is 3.33. The summed E-state index contributed by atoms with van der Waals surface area (Å²) in [5, 5.41) is 8.46. The normalized spacial score (nSPS) is 19.2. The first-order valence-electron chi connectivity index (χ1n) is 4.77. The fraction of sp³-hybridized carbons (Fsp3) is 0.778. The van der Waals surface area contributed by atoms with E-state index >= 15 is 0 Å². The van der Waals surface area contributed by atoms with Crippen LogP contribution < -0.4 is 5.73 Å². The van der Waals surface area contributed by atoms with Gasteiger partial charge < -0.3 is 15.6 Å². The Balaban J connectivity index is 2.24. The zero-order valence-electron chi connectivity index (χ0n) is 7.94. The maximum absolute atomic E-state index is 11.1. The van der Waals surface area contributed by atoms with Crippen LogP contribution in [0.5, 0.6) is 0 Å². The van der Waals surface area contributed by atoms with E-state index in [0.29, 0.717) is 0 Å². The molecule has 0 aliphatic heterocycles. The molecular formula is C9H15NO4. The quantitative estimate of drug-likeness (QED) is 0.637. The number of nitrogens with two attached hydrogens (primary N) is 1. The van der Waals surface area contributed by atoms with Crippen molar-refractivity contribution in [1.82, 2.24) is 0 Å². The number of rotatable bonds is 4. The molecule has 1 rings (SSSR count). The predicted molar refractivity (Wildman–Crippen MR) is 48.6 cm³/mol. The van der Waals surface area contributed by atoms with Crippen LogP contribution in [0.4, 0.5) is 0 Å². The summed E-state index contributed by atoms with van der Waals surface area (Å²) in [6.45, 7) is 0. The Morgan fingerprint density at radius 1 is 1.43 bits per heavy atom. The minimum atomic E-state index is -1.17. The van der Waals surface area contributed by atoms with Crippen molar-refractivity contribution in [3.05, 3.63) is 0 Å². The molecule has 0 heterocycles. The Hall–Kier alpha value is -1.10. The fourth-order valence-corrected chi connectivity index (χ4v) is 1.51. The molecule has 1 aliphatic rings. The van der Waals surface area contributed by atoms with Gasteiger partial charge in [0.05, 0.1) is 6.42 Å². The third-order valence-corrected chi connectivity index (χ3v) is 2.30. The summed E-state index contributed by atoms with van der Waals surface area (Å²) in [5.41, 5.74) is 5.19. The first kappa shape index (κ1) is 11.0. The highest BCUT2D eigenvalue weighted by Crippen LogP contribution is 2.21. The zero-order valence-corrected chi connectivity index (χ0v) is 7.94. The smallest absolute Gasteiger partial charge is 0.321 e. The molecule has 0 aromatic heterocycles. The topological polar surface area (TPSA) is 89.6 Å². The van der Waals surface area contributed by atoms with Crippen molar-refractivity contribution in [3.8, 4) is 0 Å². The standard InChI is InChI=1S/C9H15NO4/c10-7(9(12)13)5-8(11)14-6-3-1-2-4-6/h6-7H,1-5,10H2,(H,12,13)/t7-/m0/s1. The molecule has 80 valence electrons. The second-order valence-electron chi connectivity index (χ2n) is 3.55. The average molecular weight is 201 g/mol. The van der Waals surface area contributed by atoms with Gasteiger partial charge in [-0.1, -0.05) is 0 Å². The second kappa shape index (κ2) is 4.95. The van der Waals surface area contributed by atoms with Crippen LogP contribution in [0.1, 0.15) is 32.1 Å². The first-order chi connectivity index (χ1) is 6.59. The van der Waals surface area contributed by atoms with Crippen LogP contribution in [0.2, 0.25) is 0 Å². The van der Waals surface area contributed by atoms with Gasteiger partial charge in [0.15, 0.2) is 0 Å². The Morgan fingerprint density at radius 3 is 2.50 bits per heavy atom. The highest BCUT2D eigenvalue weighted by Gasteiger charge is 2.22. The van der Waals surface area contributed by atoms with E-state index in [4.69, 9.17) is 15.6 Å². The number of carbonyl (C=O) groups excluding carboxylic acids is 1. The number of carboxylic acids is 1. The molecule has 0 bridgehead atoms. The summed E-state index contributed by atoms with van der Waals surface area (Å²) in [7, 11) is 0. The van der Waals surface area contributed by atoms with Crippen LogP contribution in [-0.2, 0) is 14.3 Å². The molecule has 5 heteroatoms. The van der Waals surface area contributed by atoms with Gasteiger partial charge in [-0.15, -0.1) is 0 Å². The second-order valence-corrected chi connectivity index (χ2v) is 3.55. The lowest BCUT2D eigenvalue weighted by Crippen LogP contribution is -2.33. The van der Waals surface area contributed by atoms with Gasteiger partial charge in [-0.2, -0.15) is 0 Å². The average Bonchev–Trinajstić information content (AvgIpc) is 2.56. The van der Waals surface area contributed by atoms with E-state index in [1.54, 1.807) is 0 Å². The van der Waals surface area contributed by atoms with E-state index in [-0.39, 0.29) is 12.5 Å². The first-order valence-corrected chi connectivity index (χ1v) is 4.77. The summed E-state index contributed by atoms with van der Waals surface area (Å²) >= 11 is 0. The molecule has 14 heavy (non-hydrogen) atoms. The summed E-state index contributed by atoms with van der Waals surface area (Å²) in [4.78, 5) is 21.5. The molecule has 0 spiro atoms. The van der Waals surface area contributed by atoms with E-state index < -0.39 is 18.0 Å². The summed E-state index contributed by atoms with van der Waals surface area (Å²) in [6, 6.07) is -1.15. The summed E-state index contributed by atoms with van der Waals surface area (Å²) in [5.74, 6) is -1.68. The van der Waals surface area contributed by atoms with Crippen molar-refractivity contribution in [1.29, 1.82) is 0 Å². The van der Waals surface area contributed by atoms with Gasteiger partial charge in [0.25, 0.3) is 0 Å². The van der Waals surface area contributed by atoms with Crippen LogP contribution in [0.15, 0.2) is 0 Å². The Morgan fingerprint density at radius 2 is 2.00 bits per heavy atom. The molecule has 1 aliphatic carbocycles. The molecule has 0 radical (unpaired) electrons. The predicted octanol–water partition coefficient (Wildman–Crippen LogP) is 0.274. The third-order valence-electron chi connectivity index (χ3n) is 2.30. The van der Waals surface area contributed by atoms with E-state index in [9.17, 15) is 9.59 Å². The van der Waals surface area contributed by atoms with Gasteiger partial charge in [0.2, 0.25) is 0 Å².